The zero-order valence-corrected chi connectivity index (χ0v) is 18.2. The van der Waals surface area contributed by atoms with Crippen LogP contribution in [-0.2, 0) is 25.4 Å². The normalized spacial score (nSPS) is 25.6. The van der Waals surface area contributed by atoms with Crippen molar-refractivity contribution >= 4 is 29.1 Å². The Hall–Kier alpha value is -1.66. The molecule has 2 N–H and O–H groups in total. The highest BCUT2D eigenvalue weighted by Crippen LogP contribution is 2.27. The highest BCUT2D eigenvalue weighted by Gasteiger charge is 2.34. The van der Waals surface area contributed by atoms with Crippen LogP contribution in [0.3, 0.4) is 0 Å². The summed E-state index contributed by atoms with van der Waals surface area (Å²) in [6.07, 6.45) is 0.135. The lowest BCUT2D eigenvalue weighted by Gasteiger charge is -2.31. The first-order valence-corrected chi connectivity index (χ1v) is 10.1. The maximum absolute atomic E-state index is 12.2. The van der Waals surface area contributed by atoms with Gasteiger partial charge in [0.15, 0.2) is 0 Å². The van der Waals surface area contributed by atoms with Gasteiger partial charge in [-0.2, -0.15) is 0 Å². The van der Waals surface area contributed by atoms with Gasteiger partial charge < -0.3 is 19.9 Å². The average molecular weight is 422 g/mol. The van der Waals surface area contributed by atoms with E-state index < -0.39 is 12.0 Å². The zero-order valence-electron chi connectivity index (χ0n) is 17.4. The molecule has 0 aromatic heterocycles. The van der Waals surface area contributed by atoms with E-state index in [1.807, 2.05) is 13.0 Å². The van der Waals surface area contributed by atoms with Crippen LogP contribution in [0.25, 0.3) is 10.8 Å². The van der Waals surface area contributed by atoms with E-state index in [1.54, 1.807) is 0 Å². The Morgan fingerprint density at radius 2 is 1.86 bits per heavy atom. The molecule has 0 unspecified atom stereocenters. The number of hydrogen-bond donors (Lipinski definition) is 1. The Labute approximate surface area is 179 Å². The molecule has 1 heterocycles. The van der Waals surface area contributed by atoms with Crippen LogP contribution in [0.4, 0.5) is 0 Å². The molecule has 1 fully saturated rings. The summed E-state index contributed by atoms with van der Waals surface area (Å²) in [5, 5.41) is 2.44. The van der Waals surface area contributed by atoms with Crippen LogP contribution in [0.1, 0.15) is 26.3 Å². The van der Waals surface area contributed by atoms with E-state index in [-0.39, 0.29) is 37.1 Å². The molecule has 0 radical (unpaired) electrons. The monoisotopic (exact) mass is 421 g/mol. The van der Waals surface area contributed by atoms with Crippen LogP contribution in [0.5, 0.6) is 0 Å². The van der Waals surface area contributed by atoms with Crippen molar-refractivity contribution in [1.82, 2.24) is 0 Å². The number of ether oxygens (including phenoxy) is 3. The predicted molar refractivity (Wildman–Crippen MR) is 117 cm³/mol. The van der Waals surface area contributed by atoms with Crippen molar-refractivity contribution in [3.63, 3.8) is 0 Å². The summed E-state index contributed by atoms with van der Waals surface area (Å²) in [7, 11) is 0. The van der Waals surface area contributed by atoms with Gasteiger partial charge in [0.05, 0.1) is 19.3 Å². The SMILES string of the molecule is CC(C)CO[C@@H]1[C@@H](Cc2cccc3ccccc23)COC[C@H](N)C(=O)O[C@H]1C.Cl. The number of halogens is 1. The first kappa shape index (κ1) is 23.6. The van der Waals surface area contributed by atoms with Gasteiger partial charge in [0, 0.05) is 12.5 Å². The minimum atomic E-state index is -0.760. The number of carbonyl (C=O) groups excluding carboxylic acids is 1. The molecule has 4 atom stereocenters. The van der Waals surface area contributed by atoms with Crippen LogP contribution in [0.15, 0.2) is 42.5 Å². The molecule has 2 aromatic carbocycles. The van der Waals surface area contributed by atoms with Crippen molar-refractivity contribution in [1.29, 1.82) is 0 Å². The summed E-state index contributed by atoms with van der Waals surface area (Å²) < 4.78 is 17.7. The van der Waals surface area contributed by atoms with E-state index in [9.17, 15) is 4.79 Å². The molecule has 29 heavy (non-hydrogen) atoms. The number of rotatable bonds is 5. The average Bonchev–Trinajstić information content (AvgIpc) is 2.71. The van der Waals surface area contributed by atoms with E-state index in [1.165, 1.54) is 16.3 Å². The van der Waals surface area contributed by atoms with Crippen molar-refractivity contribution in [2.75, 3.05) is 19.8 Å². The summed E-state index contributed by atoms with van der Waals surface area (Å²) >= 11 is 0. The Kier molecular flexibility index (Phi) is 8.90. The number of esters is 1. The standard InChI is InChI=1S/C23H31NO4.ClH/c1-15(2)12-27-22-16(3)28-23(25)21(24)14-26-13-19(22)11-18-9-6-8-17-7-4-5-10-20(17)18;/h4-10,15-16,19,21-22H,11-14,24H2,1-3H3;1H/t16-,19-,21-,22-;/m0./s1. The molecule has 0 aliphatic carbocycles. The molecule has 1 aliphatic rings. The lowest BCUT2D eigenvalue weighted by molar-refractivity contribution is -0.160. The molecule has 6 heteroatoms. The summed E-state index contributed by atoms with van der Waals surface area (Å²) in [5.41, 5.74) is 7.12. The molecule has 5 nitrogen and oxygen atoms in total. The first-order chi connectivity index (χ1) is 13.5. The van der Waals surface area contributed by atoms with Gasteiger partial charge in [0.1, 0.15) is 12.1 Å². The van der Waals surface area contributed by atoms with Gasteiger partial charge in [0.2, 0.25) is 0 Å². The van der Waals surface area contributed by atoms with E-state index in [0.717, 1.165) is 6.42 Å². The van der Waals surface area contributed by atoms with Gasteiger partial charge in [-0.05, 0) is 35.6 Å². The molecule has 160 valence electrons. The van der Waals surface area contributed by atoms with Crippen molar-refractivity contribution in [3.8, 4) is 0 Å². The first-order valence-electron chi connectivity index (χ1n) is 10.1. The van der Waals surface area contributed by atoms with Crippen molar-refractivity contribution < 1.29 is 19.0 Å². The largest absolute Gasteiger partial charge is 0.459 e. The lowest BCUT2D eigenvalue weighted by Crippen LogP contribution is -2.42. The molecule has 3 rings (SSSR count). The van der Waals surface area contributed by atoms with E-state index in [0.29, 0.717) is 19.1 Å². The molecular weight excluding hydrogens is 390 g/mol. The highest BCUT2D eigenvalue weighted by molar-refractivity contribution is 5.86. The Morgan fingerprint density at radius 1 is 1.14 bits per heavy atom. The van der Waals surface area contributed by atoms with Crippen LogP contribution < -0.4 is 5.73 Å². The van der Waals surface area contributed by atoms with Crippen molar-refractivity contribution in [2.24, 2.45) is 17.6 Å². The lowest BCUT2D eigenvalue weighted by atomic mass is 9.89. The quantitative estimate of drug-likeness (QED) is 0.744. The number of hydrogen-bond acceptors (Lipinski definition) is 5. The molecule has 1 aliphatic heterocycles. The number of benzene rings is 2. The predicted octanol–water partition coefficient (Wildman–Crippen LogP) is 3.75. The second-order valence-electron chi connectivity index (χ2n) is 8.08. The molecule has 0 amide bonds. The maximum Gasteiger partial charge on any atom is 0.325 e. The smallest absolute Gasteiger partial charge is 0.325 e. The molecule has 1 saturated heterocycles. The van der Waals surface area contributed by atoms with Crippen LogP contribution in [-0.4, -0.2) is 44.0 Å². The number of fused-ring (bicyclic) bond motifs is 1. The fourth-order valence-corrected chi connectivity index (χ4v) is 3.73. The van der Waals surface area contributed by atoms with Crippen molar-refractivity contribution in [2.45, 2.75) is 45.4 Å². The Balaban J connectivity index is 0.00000300. The molecule has 0 saturated carbocycles. The minimum Gasteiger partial charge on any atom is -0.459 e. The van der Waals surface area contributed by atoms with Crippen LogP contribution in [0, 0.1) is 11.8 Å². The van der Waals surface area contributed by atoms with Crippen molar-refractivity contribution in [3.05, 3.63) is 48.0 Å². The molecule has 2 aromatic rings. The molecule has 0 bridgehead atoms. The van der Waals surface area contributed by atoms with Crippen LogP contribution >= 0.6 is 12.4 Å². The van der Waals surface area contributed by atoms with Gasteiger partial charge in [-0.3, -0.25) is 4.79 Å². The number of nitrogens with two attached hydrogens (primary N) is 1. The Bertz CT molecular complexity index is 792. The van der Waals surface area contributed by atoms with E-state index in [4.69, 9.17) is 19.9 Å². The third-order valence-electron chi connectivity index (χ3n) is 5.15. The topological polar surface area (TPSA) is 70.8 Å². The minimum absolute atomic E-state index is 0. The van der Waals surface area contributed by atoms with Gasteiger partial charge in [0.25, 0.3) is 0 Å². The second-order valence-corrected chi connectivity index (χ2v) is 8.08. The third kappa shape index (κ3) is 6.16. The van der Waals surface area contributed by atoms with E-state index in [2.05, 4.69) is 50.2 Å². The number of cyclic esters (lactones) is 1. The summed E-state index contributed by atoms with van der Waals surface area (Å²) in [6, 6.07) is 14.0. The van der Waals surface area contributed by atoms with Crippen LogP contribution in [0.2, 0.25) is 0 Å². The second kappa shape index (κ2) is 10.9. The molecule has 0 spiro atoms. The summed E-state index contributed by atoms with van der Waals surface area (Å²) in [5.74, 6) is 0.00558. The van der Waals surface area contributed by atoms with E-state index >= 15 is 0 Å². The maximum atomic E-state index is 12.2. The summed E-state index contributed by atoms with van der Waals surface area (Å²) in [6.45, 7) is 7.34. The third-order valence-corrected chi connectivity index (χ3v) is 5.15. The summed E-state index contributed by atoms with van der Waals surface area (Å²) in [4.78, 5) is 12.2. The fraction of sp³-hybridized carbons (Fsp3) is 0.522. The fourth-order valence-electron chi connectivity index (χ4n) is 3.73. The Morgan fingerprint density at radius 3 is 2.62 bits per heavy atom. The van der Waals surface area contributed by atoms with Gasteiger partial charge in [-0.1, -0.05) is 56.3 Å². The van der Waals surface area contributed by atoms with Gasteiger partial charge in [-0.15, -0.1) is 12.4 Å². The highest BCUT2D eigenvalue weighted by atomic mass is 35.5. The zero-order chi connectivity index (χ0) is 20.1. The van der Waals surface area contributed by atoms with Gasteiger partial charge in [-0.25, -0.2) is 0 Å². The number of carbonyl (C=O) groups is 1. The molecular formula is C23H32ClNO4. The van der Waals surface area contributed by atoms with Gasteiger partial charge >= 0.3 is 5.97 Å².